The van der Waals surface area contributed by atoms with Crippen LogP contribution in [-0.4, -0.2) is 54.0 Å². The number of unbranched alkanes of at least 4 members (excludes halogenated alkanes) is 1. The number of pyridine rings is 1. The molecule has 198 valence electrons. The van der Waals surface area contributed by atoms with Gasteiger partial charge >= 0.3 is 0 Å². The summed E-state index contributed by atoms with van der Waals surface area (Å²) in [5.41, 5.74) is 2.06. The van der Waals surface area contributed by atoms with Crippen molar-refractivity contribution in [3.05, 3.63) is 95.2 Å². The van der Waals surface area contributed by atoms with Gasteiger partial charge in [-0.15, -0.1) is 0 Å². The molecule has 38 heavy (non-hydrogen) atoms. The Hall–Kier alpha value is -4.24. The van der Waals surface area contributed by atoms with E-state index in [0.29, 0.717) is 42.4 Å². The molecule has 0 atom stereocenters. The molecule has 1 aromatic heterocycles. The molecule has 0 saturated heterocycles. The van der Waals surface area contributed by atoms with Crippen LogP contribution in [-0.2, 0) is 16.1 Å². The number of carbonyl (C=O) groups excluding carboxylic acids is 2. The van der Waals surface area contributed by atoms with Gasteiger partial charge < -0.3 is 24.6 Å². The Morgan fingerprint density at radius 3 is 2.50 bits per heavy atom. The monoisotopic (exact) mass is 537 g/mol. The predicted octanol–water partition coefficient (Wildman–Crippen LogP) is 5.52. The van der Waals surface area contributed by atoms with Crippen LogP contribution in [0.25, 0.3) is 0 Å². The summed E-state index contributed by atoms with van der Waals surface area (Å²) in [6.07, 6.45) is 4.84. The molecule has 0 radical (unpaired) electrons. The molecule has 0 aliphatic heterocycles. The first kappa shape index (κ1) is 28.3. The number of halogens is 2. The standard InChI is InChI=1S/C28H29ClFN5O3/c1-34(16-3-4-17-36)25(28(37)35(2)19-21-8-10-22(29)11-9-21)18-31-20-32-23-12-14-24(15-13-23)38-27-7-5-6-26(30)33-27/h5-15,17-18,20H,3-4,16,19H2,1-2H3,(H,31,32)/b25-18+. The molecule has 1 N–H and O–H groups in total. The number of aliphatic imine (C=N–C) groups is 1. The lowest BCUT2D eigenvalue weighted by Crippen LogP contribution is -2.34. The van der Waals surface area contributed by atoms with Crippen LogP contribution in [0.1, 0.15) is 18.4 Å². The SMILES string of the molecule is CN(Cc1ccc(Cl)cc1)C(=O)/C(=C\N=CNc1ccc(Oc2cccc(F)n2)cc1)N(C)CCCC=O. The Morgan fingerprint density at radius 2 is 1.82 bits per heavy atom. The minimum atomic E-state index is -0.617. The van der Waals surface area contributed by atoms with Crippen molar-refractivity contribution >= 4 is 35.8 Å². The van der Waals surface area contributed by atoms with Crippen LogP contribution < -0.4 is 10.1 Å². The number of likely N-dealkylation sites (N-methyl/N-ethyl adjacent to an activating group) is 2. The van der Waals surface area contributed by atoms with Gasteiger partial charge in [0.05, 0.1) is 12.5 Å². The summed E-state index contributed by atoms with van der Waals surface area (Å²) in [4.78, 5) is 35.3. The van der Waals surface area contributed by atoms with E-state index in [-0.39, 0.29) is 11.8 Å². The Bertz CT molecular complexity index is 1270. The smallest absolute Gasteiger partial charge is 0.271 e. The highest BCUT2D eigenvalue weighted by Gasteiger charge is 2.19. The number of carbonyl (C=O) groups is 2. The zero-order valence-corrected chi connectivity index (χ0v) is 21.9. The molecular formula is C28H29ClFN5O3. The number of aromatic nitrogens is 1. The average Bonchev–Trinajstić information content (AvgIpc) is 2.90. The van der Waals surface area contributed by atoms with Crippen molar-refractivity contribution in [1.29, 1.82) is 0 Å². The number of anilines is 1. The molecule has 0 bridgehead atoms. The fraction of sp³-hybridized carbons (Fsp3) is 0.214. The number of hydrogen-bond acceptors (Lipinski definition) is 6. The summed E-state index contributed by atoms with van der Waals surface area (Å²) in [5, 5.41) is 3.67. The number of amides is 1. The first-order valence-corrected chi connectivity index (χ1v) is 12.3. The molecule has 0 spiro atoms. The summed E-state index contributed by atoms with van der Waals surface area (Å²) in [5.74, 6) is -0.168. The fourth-order valence-corrected chi connectivity index (χ4v) is 3.51. The van der Waals surface area contributed by atoms with Crippen LogP contribution in [0.4, 0.5) is 10.1 Å². The van der Waals surface area contributed by atoms with E-state index < -0.39 is 5.95 Å². The van der Waals surface area contributed by atoms with Crippen molar-refractivity contribution in [2.45, 2.75) is 19.4 Å². The van der Waals surface area contributed by atoms with Gasteiger partial charge in [-0.25, -0.2) is 4.99 Å². The van der Waals surface area contributed by atoms with Gasteiger partial charge in [0.1, 0.15) is 17.7 Å². The van der Waals surface area contributed by atoms with E-state index in [0.717, 1.165) is 17.5 Å². The summed E-state index contributed by atoms with van der Waals surface area (Å²) >= 11 is 5.96. The van der Waals surface area contributed by atoms with Crippen molar-refractivity contribution < 1.29 is 18.7 Å². The Morgan fingerprint density at radius 1 is 1.08 bits per heavy atom. The molecule has 0 saturated carbocycles. The predicted molar refractivity (Wildman–Crippen MR) is 147 cm³/mol. The molecule has 0 aliphatic rings. The number of ether oxygens (including phenoxy) is 1. The van der Waals surface area contributed by atoms with E-state index >= 15 is 0 Å². The van der Waals surface area contributed by atoms with E-state index in [2.05, 4.69) is 15.3 Å². The normalized spacial score (nSPS) is 11.3. The highest BCUT2D eigenvalue weighted by atomic mass is 35.5. The van der Waals surface area contributed by atoms with Crippen LogP contribution in [0.15, 0.2) is 83.6 Å². The van der Waals surface area contributed by atoms with Crippen LogP contribution in [0, 0.1) is 5.95 Å². The highest BCUT2D eigenvalue weighted by molar-refractivity contribution is 6.30. The van der Waals surface area contributed by atoms with Gasteiger partial charge in [-0.2, -0.15) is 9.37 Å². The fourth-order valence-electron chi connectivity index (χ4n) is 3.39. The Kier molecular flexibility index (Phi) is 10.8. The first-order valence-electron chi connectivity index (χ1n) is 11.9. The molecule has 0 fully saturated rings. The maximum absolute atomic E-state index is 13.2. The molecule has 10 heteroatoms. The minimum absolute atomic E-state index is 0.160. The lowest BCUT2D eigenvalue weighted by atomic mass is 10.2. The van der Waals surface area contributed by atoms with Crippen LogP contribution >= 0.6 is 11.6 Å². The second-order valence-corrected chi connectivity index (χ2v) is 8.82. The molecule has 8 nitrogen and oxygen atoms in total. The van der Waals surface area contributed by atoms with Crippen molar-refractivity contribution in [2.24, 2.45) is 4.99 Å². The van der Waals surface area contributed by atoms with E-state index in [1.807, 2.05) is 12.1 Å². The van der Waals surface area contributed by atoms with Crippen molar-refractivity contribution in [3.63, 3.8) is 0 Å². The average molecular weight is 538 g/mol. The number of nitrogens with one attached hydrogen (secondary N) is 1. The van der Waals surface area contributed by atoms with Gasteiger partial charge in [-0.3, -0.25) is 4.79 Å². The van der Waals surface area contributed by atoms with E-state index in [4.69, 9.17) is 16.3 Å². The van der Waals surface area contributed by atoms with Crippen LogP contribution in [0.3, 0.4) is 0 Å². The zero-order chi connectivity index (χ0) is 27.3. The number of nitrogens with zero attached hydrogens (tertiary/aromatic N) is 4. The second-order valence-electron chi connectivity index (χ2n) is 8.38. The van der Waals surface area contributed by atoms with Gasteiger partial charge in [0.2, 0.25) is 11.8 Å². The molecule has 3 aromatic rings. The summed E-state index contributed by atoms with van der Waals surface area (Å²) in [6.45, 7) is 0.923. The molecule has 1 heterocycles. The third-order valence-electron chi connectivity index (χ3n) is 5.39. The van der Waals surface area contributed by atoms with E-state index in [9.17, 15) is 14.0 Å². The van der Waals surface area contributed by atoms with Gasteiger partial charge in [0.15, 0.2) is 0 Å². The number of hydrogen-bond donors (Lipinski definition) is 1. The minimum Gasteiger partial charge on any atom is -0.439 e. The maximum atomic E-state index is 13.2. The van der Waals surface area contributed by atoms with Gasteiger partial charge in [-0.1, -0.05) is 29.8 Å². The Balaban J connectivity index is 1.65. The molecule has 3 rings (SSSR count). The molecule has 0 aliphatic carbocycles. The number of benzene rings is 2. The first-order chi connectivity index (χ1) is 18.4. The molecule has 1 amide bonds. The van der Waals surface area contributed by atoms with Gasteiger partial charge in [0, 0.05) is 50.4 Å². The van der Waals surface area contributed by atoms with Crippen LogP contribution in [0.2, 0.25) is 5.02 Å². The number of aldehydes is 1. The lowest BCUT2D eigenvalue weighted by molar-refractivity contribution is -0.127. The van der Waals surface area contributed by atoms with Crippen molar-refractivity contribution in [3.8, 4) is 11.6 Å². The van der Waals surface area contributed by atoms with Crippen LogP contribution in [0.5, 0.6) is 11.6 Å². The Labute approximate surface area is 226 Å². The summed E-state index contributed by atoms with van der Waals surface area (Å²) < 4.78 is 18.8. The van der Waals surface area contributed by atoms with E-state index in [1.165, 1.54) is 24.7 Å². The second kappa shape index (κ2) is 14.5. The largest absolute Gasteiger partial charge is 0.439 e. The third kappa shape index (κ3) is 9.01. The quantitative estimate of drug-likeness (QED) is 0.0771. The van der Waals surface area contributed by atoms with Crippen molar-refractivity contribution in [2.75, 3.05) is 26.0 Å². The molecular weight excluding hydrogens is 509 g/mol. The van der Waals surface area contributed by atoms with Gasteiger partial charge in [-0.05, 0) is 54.4 Å². The third-order valence-corrected chi connectivity index (χ3v) is 5.65. The highest BCUT2D eigenvalue weighted by Crippen LogP contribution is 2.21. The van der Waals surface area contributed by atoms with Gasteiger partial charge in [0.25, 0.3) is 5.91 Å². The van der Waals surface area contributed by atoms with Crippen molar-refractivity contribution in [1.82, 2.24) is 14.8 Å². The topological polar surface area (TPSA) is 87.1 Å². The lowest BCUT2D eigenvalue weighted by Gasteiger charge is -2.25. The zero-order valence-electron chi connectivity index (χ0n) is 21.2. The van der Waals surface area contributed by atoms with E-state index in [1.54, 1.807) is 66.4 Å². The molecule has 2 aromatic carbocycles. The summed E-state index contributed by atoms with van der Waals surface area (Å²) in [7, 11) is 3.51. The maximum Gasteiger partial charge on any atom is 0.271 e. The number of rotatable bonds is 13. The molecule has 0 unspecified atom stereocenters. The summed E-state index contributed by atoms with van der Waals surface area (Å²) in [6, 6.07) is 18.6.